The van der Waals surface area contributed by atoms with E-state index in [-0.39, 0.29) is 6.79 Å². The molecule has 25 heavy (non-hydrogen) atoms. The highest BCUT2D eigenvalue weighted by atomic mass is 35.5. The molecule has 2 aromatic carbocycles. The Morgan fingerprint density at radius 2 is 1.96 bits per heavy atom. The van der Waals surface area contributed by atoms with E-state index in [2.05, 4.69) is 15.5 Å². The predicted octanol–water partition coefficient (Wildman–Crippen LogP) is 5.02. The minimum atomic E-state index is 0.248. The van der Waals surface area contributed by atoms with Crippen LogP contribution in [0.15, 0.2) is 41.5 Å². The minimum Gasteiger partial charge on any atom is -0.454 e. The number of benzene rings is 2. The molecule has 7 heteroatoms. The number of aryl methyl sites for hydroxylation is 1. The number of anilines is 1. The van der Waals surface area contributed by atoms with Gasteiger partial charge in [-0.2, -0.15) is 5.10 Å². The summed E-state index contributed by atoms with van der Waals surface area (Å²) in [5.74, 6) is 1.45. The van der Waals surface area contributed by atoms with Crippen LogP contribution in [0.3, 0.4) is 0 Å². The van der Waals surface area contributed by atoms with Crippen molar-refractivity contribution in [2.45, 2.75) is 6.92 Å². The van der Waals surface area contributed by atoms with E-state index in [1.54, 1.807) is 18.3 Å². The van der Waals surface area contributed by atoms with Gasteiger partial charge in [0.1, 0.15) is 0 Å². The molecule has 0 atom stereocenters. The van der Waals surface area contributed by atoms with Crippen molar-refractivity contribution in [3.05, 3.63) is 57.7 Å². The number of rotatable bonds is 3. The van der Waals surface area contributed by atoms with Gasteiger partial charge in [0.05, 0.1) is 22.4 Å². The first-order chi connectivity index (χ1) is 12.1. The summed E-state index contributed by atoms with van der Waals surface area (Å²) in [5.41, 5.74) is 6.25. The predicted molar refractivity (Wildman–Crippen MR) is 100 cm³/mol. The van der Waals surface area contributed by atoms with E-state index in [0.29, 0.717) is 15.8 Å². The van der Waals surface area contributed by atoms with Gasteiger partial charge in [-0.15, -0.1) is 0 Å². The van der Waals surface area contributed by atoms with E-state index in [1.165, 1.54) is 0 Å². The fraction of sp³-hybridized carbons (Fsp3) is 0.111. The van der Waals surface area contributed by atoms with Gasteiger partial charge >= 0.3 is 0 Å². The molecule has 0 spiro atoms. The third-order valence-electron chi connectivity index (χ3n) is 3.75. The zero-order valence-electron chi connectivity index (χ0n) is 13.2. The van der Waals surface area contributed by atoms with Crippen LogP contribution in [0.4, 0.5) is 5.69 Å². The van der Waals surface area contributed by atoms with Gasteiger partial charge in [-0.3, -0.25) is 10.4 Å². The Balaban J connectivity index is 1.64. The lowest BCUT2D eigenvalue weighted by atomic mass is 10.1. The average Bonchev–Trinajstić information content (AvgIpc) is 3.01. The Hall–Kier alpha value is -2.50. The molecule has 0 saturated carbocycles. The summed E-state index contributed by atoms with van der Waals surface area (Å²) >= 11 is 12.4. The second kappa shape index (κ2) is 6.43. The highest BCUT2D eigenvalue weighted by Crippen LogP contribution is 2.34. The first-order valence-corrected chi connectivity index (χ1v) is 8.31. The van der Waals surface area contributed by atoms with E-state index >= 15 is 0 Å². The van der Waals surface area contributed by atoms with Crippen LogP contribution >= 0.6 is 23.2 Å². The Kier molecular flexibility index (Phi) is 4.11. The normalized spacial score (nSPS) is 12.9. The molecule has 2 heterocycles. The Labute approximate surface area is 154 Å². The summed E-state index contributed by atoms with van der Waals surface area (Å²) in [7, 11) is 0. The summed E-state index contributed by atoms with van der Waals surface area (Å²) in [4.78, 5) is 4.47. The molecule has 1 aliphatic heterocycles. The molecule has 4 rings (SSSR count). The maximum Gasteiger partial charge on any atom is 0.231 e. The van der Waals surface area contributed by atoms with Gasteiger partial charge < -0.3 is 9.47 Å². The Morgan fingerprint density at radius 1 is 1.12 bits per heavy atom. The maximum atomic E-state index is 6.33. The van der Waals surface area contributed by atoms with E-state index in [1.807, 2.05) is 31.2 Å². The molecule has 126 valence electrons. The fourth-order valence-electron chi connectivity index (χ4n) is 2.68. The molecule has 0 bridgehead atoms. The summed E-state index contributed by atoms with van der Waals surface area (Å²) in [6.45, 7) is 2.15. The highest BCUT2D eigenvalue weighted by Gasteiger charge is 2.12. The molecule has 0 radical (unpaired) electrons. The summed E-state index contributed by atoms with van der Waals surface area (Å²) < 4.78 is 10.7. The number of halogens is 2. The van der Waals surface area contributed by atoms with Gasteiger partial charge in [0.25, 0.3) is 0 Å². The molecule has 5 nitrogen and oxygen atoms in total. The summed E-state index contributed by atoms with van der Waals surface area (Å²) in [5, 5.41) is 6.15. The van der Waals surface area contributed by atoms with E-state index in [4.69, 9.17) is 32.7 Å². The molecule has 0 fully saturated rings. The lowest BCUT2D eigenvalue weighted by Crippen LogP contribution is -1.95. The van der Waals surface area contributed by atoms with Crippen LogP contribution in [-0.2, 0) is 0 Å². The smallest absolute Gasteiger partial charge is 0.231 e. The molecule has 0 unspecified atom stereocenters. The number of nitrogens with zero attached hydrogens (tertiary/aromatic N) is 2. The van der Waals surface area contributed by atoms with Gasteiger partial charge in [-0.1, -0.05) is 23.2 Å². The topological polar surface area (TPSA) is 55.7 Å². The zero-order chi connectivity index (χ0) is 17.4. The second-order valence-corrected chi connectivity index (χ2v) is 6.42. The minimum absolute atomic E-state index is 0.248. The standard InChI is InChI=1S/C18H13Cl2N3O2/c1-10-4-15(18-13(20)6-12(19)7-14(18)22-10)23-21-8-11-2-3-16-17(5-11)25-9-24-16/h2-8H,9H2,1H3,(H,22,23)/b21-8+. The van der Waals surface area contributed by atoms with Crippen molar-refractivity contribution >= 4 is 46.0 Å². The quantitative estimate of drug-likeness (QED) is 0.516. The number of ether oxygens (including phenoxy) is 2. The lowest BCUT2D eigenvalue weighted by molar-refractivity contribution is 0.174. The maximum absolute atomic E-state index is 6.33. The van der Waals surface area contributed by atoms with E-state index in [9.17, 15) is 0 Å². The van der Waals surface area contributed by atoms with Crippen LogP contribution in [-0.4, -0.2) is 18.0 Å². The van der Waals surface area contributed by atoms with Crippen molar-refractivity contribution in [1.29, 1.82) is 0 Å². The SMILES string of the molecule is Cc1cc(N/N=C/c2ccc3c(c2)OCO3)c2c(Cl)cc(Cl)cc2n1. The molecule has 3 aromatic rings. The average molecular weight is 374 g/mol. The van der Waals surface area contributed by atoms with Gasteiger partial charge in [0, 0.05) is 16.1 Å². The van der Waals surface area contributed by atoms with E-state index in [0.717, 1.165) is 33.6 Å². The molecule has 1 N–H and O–H groups in total. The number of hydrogen-bond donors (Lipinski definition) is 1. The van der Waals surface area contributed by atoms with Crippen LogP contribution in [0, 0.1) is 6.92 Å². The zero-order valence-corrected chi connectivity index (χ0v) is 14.7. The first-order valence-electron chi connectivity index (χ1n) is 7.55. The second-order valence-electron chi connectivity index (χ2n) is 5.58. The Morgan fingerprint density at radius 3 is 2.84 bits per heavy atom. The van der Waals surface area contributed by atoms with Gasteiger partial charge in [-0.05, 0) is 48.9 Å². The van der Waals surface area contributed by atoms with Crippen LogP contribution in [0.2, 0.25) is 10.0 Å². The van der Waals surface area contributed by atoms with Gasteiger partial charge in [0.15, 0.2) is 11.5 Å². The van der Waals surface area contributed by atoms with Crippen LogP contribution in [0.25, 0.3) is 10.9 Å². The molecule has 0 aliphatic carbocycles. The number of pyridine rings is 1. The van der Waals surface area contributed by atoms with Crippen molar-refractivity contribution in [3.8, 4) is 11.5 Å². The first kappa shape index (κ1) is 16.0. The van der Waals surface area contributed by atoms with Crippen LogP contribution in [0.1, 0.15) is 11.3 Å². The van der Waals surface area contributed by atoms with Crippen molar-refractivity contribution in [2.24, 2.45) is 5.10 Å². The van der Waals surface area contributed by atoms with Gasteiger partial charge in [-0.25, -0.2) is 0 Å². The summed E-state index contributed by atoms with van der Waals surface area (Å²) in [6.07, 6.45) is 1.70. The summed E-state index contributed by atoms with van der Waals surface area (Å²) in [6, 6.07) is 11.0. The van der Waals surface area contributed by atoms with Gasteiger partial charge in [0.2, 0.25) is 6.79 Å². The van der Waals surface area contributed by atoms with Crippen molar-refractivity contribution in [2.75, 3.05) is 12.2 Å². The largest absolute Gasteiger partial charge is 0.454 e. The highest BCUT2D eigenvalue weighted by molar-refractivity contribution is 6.39. The number of hydrogen-bond acceptors (Lipinski definition) is 5. The number of fused-ring (bicyclic) bond motifs is 2. The number of nitrogens with one attached hydrogen (secondary N) is 1. The molecule has 1 aromatic heterocycles. The third-order valence-corrected chi connectivity index (χ3v) is 4.27. The lowest BCUT2D eigenvalue weighted by Gasteiger charge is -2.09. The fourth-order valence-corrected chi connectivity index (χ4v) is 3.26. The van der Waals surface area contributed by atoms with E-state index < -0.39 is 0 Å². The third kappa shape index (κ3) is 3.21. The molecular weight excluding hydrogens is 361 g/mol. The molecule has 1 aliphatic rings. The van der Waals surface area contributed by atoms with Crippen molar-refractivity contribution in [1.82, 2.24) is 4.98 Å². The molecule has 0 amide bonds. The Bertz CT molecular complexity index is 1000. The van der Waals surface area contributed by atoms with Crippen molar-refractivity contribution < 1.29 is 9.47 Å². The molecular formula is C18H13Cl2N3O2. The van der Waals surface area contributed by atoms with Crippen LogP contribution < -0.4 is 14.9 Å². The molecule has 0 saturated heterocycles. The number of aromatic nitrogens is 1. The van der Waals surface area contributed by atoms with Crippen LogP contribution in [0.5, 0.6) is 11.5 Å². The monoisotopic (exact) mass is 373 g/mol. The number of hydrazone groups is 1. The van der Waals surface area contributed by atoms with Crippen molar-refractivity contribution in [3.63, 3.8) is 0 Å².